The summed E-state index contributed by atoms with van der Waals surface area (Å²) in [5.74, 6) is 0.705. The van der Waals surface area contributed by atoms with Crippen molar-refractivity contribution in [2.45, 2.75) is 65.3 Å². The van der Waals surface area contributed by atoms with Crippen LogP contribution in [-0.2, 0) is 4.79 Å². The molecule has 1 saturated carbocycles. The van der Waals surface area contributed by atoms with Crippen LogP contribution >= 0.6 is 0 Å². The molecule has 0 aromatic heterocycles. The zero-order valence-corrected chi connectivity index (χ0v) is 16.6. The Kier molecular flexibility index (Phi) is 5.92. The zero-order valence-electron chi connectivity index (χ0n) is 16.6. The number of anilines is 2. The summed E-state index contributed by atoms with van der Waals surface area (Å²) in [6.45, 7) is 6.82. The summed E-state index contributed by atoms with van der Waals surface area (Å²) in [6.07, 6.45) is 6.56. The molecular weight excluding hydrogens is 342 g/mol. The van der Waals surface area contributed by atoms with Crippen molar-refractivity contribution in [3.05, 3.63) is 18.2 Å². The van der Waals surface area contributed by atoms with Crippen LogP contribution in [0.2, 0.25) is 0 Å². The Morgan fingerprint density at radius 1 is 1.26 bits per heavy atom. The molecule has 1 aromatic rings. The van der Waals surface area contributed by atoms with E-state index < -0.39 is 5.41 Å². The number of nitrogens with one attached hydrogen (secondary N) is 2. The predicted molar refractivity (Wildman–Crippen MR) is 107 cm³/mol. The number of fused-ring (bicyclic) bond motifs is 1. The molecule has 3 amide bonds. The number of rotatable bonds is 4. The average Bonchev–Trinajstić information content (AvgIpc) is 2.73. The first kappa shape index (κ1) is 19.5. The average molecular weight is 373 g/mol. The first-order chi connectivity index (χ1) is 12.9. The van der Waals surface area contributed by atoms with E-state index in [0.717, 1.165) is 24.9 Å². The Hall–Kier alpha value is -2.24. The predicted octanol–water partition coefficient (Wildman–Crippen LogP) is 4.30. The third kappa shape index (κ3) is 4.54. The molecule has 0 bridgehead atoms. The lowest BCUT2D eigenvalue weighted by Crippen LogP contribution is -2.42. The molecule has 0 unspecified atom stereocenters. The molecular formula is C21H31N3O3. The molecule has 2 aliphatic rings. The monoisotopic (exact) mass is 373 g/mol. The maximum atomic E-state index is 12.9. The van der Waals surface area contributed by atoms with Crippen molar-refractivity contribution in [1.29, 1.82) is 0 Å². The normalized spacial score (nSPS) is 19.7. The number of carbonyl (C=O) groups excluding carboxylic acids is 2. The smallest absolute Gasteiger partial charge is 0.319 e. The van der Waals surface area contributed by atoms with Gasteiger partial charge in [0.1, 0.15) is 12.4 Å². The van der Waals surface area contributed by atoms with Crippen LogP contribution in [0.4, 0.5) is 16.2 Å². The number of nitrogens with zero attached hydrogens (tertiary/aromatic N) is 1. The number of amides is 3. The van der Waals surface area contributed by atoms with E-state index in [9.17, 15) is 9.59 Å². The van der Waals surface area contributed by atoms with Crippen molar-refractivity contribution < 1.29 is 14.3 Å². The number of urea groups is 1. The summed E-state index contributed by atoms with van der Waals surface area (Å²) >= 11 is 0. The van der Waals surface area contributed by atoms with Gasteiger partial charge < -0.3 is 20.3 Å². The first-order valence-electron chi connectivity index (χ1n) is 10.1. The first-order valence-corrected chi connectivity index (χ1v) is 10.1. The van der Waals surface area contributed by atoms with Crippen LogP contribution in [0.15, 0.2) is 18.2 Å². The summed E-state index contributed by atoms with van der Waals surface area (Å²) in [6, 6.07) is 5.58. The van der Waals surface area contributed by atoms with Crippen molar-refractivity contribution in [3.8, 4) is 5.75 Å². The van der Waals surface area contributed by atoms with Gasteiger partial charge in [-0.25, -0.2) is 4.79 Å². The molecule has 6 nitrogen and oxygen atoms in total. The fourth-order valence-electron chi connectivity index (χ4n) is 3.77. The molecule has 1 aliphatic heterocycles. The Balaban J connectivity index is 1.74. The highest BCUT2D eigenvalue weighted by atomic mass is 16.5. The lowest BCUT2D eigenvalue weighted by atomic mass is 9.93. The van der Waals surface area contributed by atoms with E-state index in [-0.39, 0.29) is 18.0 Å². The van der Waals surface area contributed by atoms with E-state index in [0.29, 0.717) is 24.6 Å². The van der Waals surface area contributed by atoms with Crippen LogP contribution in [0, 0.1) is 5.41 Å². The Bertz CT molecular complexity index is 696. The standard InChI is InChI=1S/C21H31N3O3/c1-4-12-24-17-11-10-16(13-18(17)27-14-21(2,3)19(24)25)23-20(26)22-15-8-6-5-7-9-15/h10-11,13,15H,4-9,12,14H2,1-3H3,(H2,22,23,26). The topological polar surface area (TPSA) is 70.7 Å². The van der Waals surface area contributed by atoms with Gasteiger partial charge in [-0.2, -0.15) is 0 Å². The van der Waals surface area contributed by atoms with Crippen LogP contribution in [0.3, 0.4) is 0 Å². The lowest BCUT2D eigenvalue weighted by molar-refractivity contribution is -0.127. The Morgan fingerprint density at radius 2 is 2.00 bits per heavy atom. The van der Waals surface area contributed by atoms with E-state index in [1.165, 1.54) is 19.3 Å². The molecule has 3 rings (SSSR count). The van der Waals surface area contributed by atoms with Gasteiger partial charge >= 0.3 is 6.03 Å². The van der Waals surface area contributed by atoms with Gasteiger partial charge in [-0.05, 0) is 45.2 Å². The fourth-order valence-corrected chi connectivity index (χ4v) is 3.77. The maximum Gasteiger partial charge on any atom is 0.319 e. The molecule has 1 heterocycles. The van der Waals surface area contributed by atoms with Crippen molar-refractivity contribution in [1.82, 2.24) is 5.32 Å². The van der Waals surface area contributed by atoms with Crippen molar-refractivity contribution in [3.63, 3.8) is 0 Å². The number of benzene rings is 1. The number of hydrogen-bond acceptors (Lipinski definition) is 3. The third-order valence-corrected chi connectivity index (χ3v) is 5.31. The molecule has 1 fully saturated rings. The lowest BCUT2D eigenvalue weighted by Gasteiger charge is -2.27. The second kappa shape index (κ2) is 8.19. The molecule has 0 atom stereocenters. The van der Waals surface area contributed by atoms with Crippen LogP contribution in [-0.4, -0.2) is 31.1 Å². The van der Waals surface area contributed by atoms with Crippen molar-refractivity contribution in [2.75, 3.05) is 23.4 Å². The van der Waals surface area contributed by atoms with Gasteiger partial charge in [-0.3, -0.25) is 4.79 Å². The quantitative estimate of drug-likeness (QED) is 0.826. The van der Waals surface area contributed by atoms with Gasteiger partial charge in [-0.1, -0.05) is 26.2 Å². The summed E-state index contributed by atoms with van der Waals surface area (Å²) in [7, 11) is 0. The molecule has 0 saturated heterocycles. The van der Waals surface area contributed by atoms with Crippen LogP contribution in [0.25, 0.3) is 0 Å². The fraction of sp³-hybridized carbons (Fsp3) is 0.619. The molecule has 1 aliphatic carbocycles. The van der Waals surface area contributed by atoms with E-state index in [1.807, 2.05) is 32.0 Å². The van der Waals surface area contributed by atoms with Crippen molar-refractivity contribution >= 4 is 23.3 Å². The van der Waals surface area contributed by atoms with Crippen molar-refractivity contribution in [2.24, 2.45) is 5.41 Å². The van der Waals surface area contributed by atoms with Gasteiger partial charge in [0.2, 0.25) is 5.91 Å². The number of ether oxygens (including phenoxy) is 1. The Morgan fingerprint density at radius 3 is 2.70 bits per heavy atom. The molecule has 6 heteroatoms. The summed E-state index contributed by atoms with van der Waals surface area (Å²) in [4.78, 5) is 27.0. The highest BCUT2D eigenvalue weighted by Crippen LogP contribution is 2.38. The minimum Gasteiger partial charge on any atom is -0.490 e. The second-order valence-electron chi connectivity index (χ2n) is 8.25. The van der Waals surface area contributed by atoms with E-state index in [2.05, 4.69) is 17.6 Å². The summed E-state index contributed by atoms with van der Waals surface area (Å²) < 4.78 is 5.95. The number of hydrogen-bond donors (Lipinski definition) is 2. The zero-order chi connectivity index (χ0) is 19.4. The molecule has 1 aromatic carbocycles. The van der Waals surface area contributed by atoms with Crippen LogP contribution in [0.5, 0.6) is 5.75 Å². The van der Waals surface area contributed by atoms with Gasteiger partial charge in [0, 0.05) is 24.3 Å². The maximum absolute atomic E-state index is 12.9. The van der Waals surface area contributed by atoms with E-state index in [4.69, 9.17) is 4.74 Å². The minimum atomic E-state index is -0.583. The van der Waals surface area contributed by atoms with E-state index >= 15 is 0 Å². The highest BCUT2D eigenvalue weighted by Gasteiger charge is 2.37. The molecule has 27 heavy (non-hydrogen) atoms. The van der Waals surface area contributed by atoms with Crippen LogP contribution in [0.1, 0.15) is 59.3 Å². The summed E-state index contributed by atoms with van der Waals surface area (Å²) in [5.41, 5.74) is 0.858. The van der Waals surface area contributed by atoms with Gasteiger partial charge in [0.25, 0.3) is 0 Å². The SMILES string of the molecule is CCCN1C(=O)C(C)(C)COc2cc(NC(=O)NC3CCCCC3)ccc21. The largest absolute Gasteiger partial charge is 0.490 e. The van der Waals surface area contributed by atoms with Gasteiger partial charge in [0.15, 0.2) is 0 Å². The Labute approximate surface area is 161 Å². The molecule has 0 radical (unpaired) electrons. The van der Waals surface area contributed by atoms with Gasteiger partial charge in [-0.15, -0.1) is 0 Å². The van der Waals surface area contributed by atoms with Gasteiger partial charge in [0.05, 0.1) is 11.1 Å². The highest BCUT2D eigenvalue weighted by molar-refractivity contribution is 6.00. The minimum absolute atomic E-state index is 0.0684. The second-order valence-corrected chi connectivity index (χ2v) is 8.25. The molecule has 2 N–H and O–H groups in total. The van der Waals surface area contributed by atoms with E-state index in [1.54, 1.807) is 4.90 Å². The van der Waals surface area contributed by atoms with Crippen LogP contribution < -0.4 is 20.3 Å². The molecule has 148 valence electrons. The number of carbonyl (C=O) groups is 2. The third-order valence-electron chi connectivity index (χ3n) is 5.31. The molecule has 0 spiro atoms. The summed E-state index contributed by atoms with van der Waals surface area (Å²) in [5, 5.41) is 5.96.